The second-order valence-electron chi connectivity index (χ2n) is 5.66. The molecule has 0 saturated carbocycles. The Morgan fingerprint density at radius 3 is 2.40 bits per heavy atom. The van der Waals surface area contributed by atoms with Crippen molar-refractivity contribution < 1.29 is 18.0 Å². The van der Waals surface area contributed by atoms with Gasteiger partial charge in [-0.3, -0.25) is 9.69 Å². The van der Waals surface area contributed by atoms with Crippen LogP contribution >= 0.6 is 0 Å². The lowest BCUT2D eigenvalue weighted by molar-refractivity contribution is -0.130. The van der Waals surface area contributed by atoms with Crippen LogP contribution in [0.15, 0.2) is 0 Å². The maximum absolute atomic E-state index is 12.3. The van der Waals surface area contributed by atoms with E-state index in [9.17, 15) is 18.0 Å². The Balaban J connectivity index is 2.60. The fraction of sp³-hybridized carbons (Fsp3) is 0.846. The van der Waals surface area contributed by atoms with Crippen molar-refractivity contribution in [3.8, 4) is 0 Å². The van der Waals surface area contributed by atoms with E-state index in [0.717, 1.165) is 36.8 Å². The van der Waals surface area contributed by atoms with E-state index in [0.29, 0.717) is 6.42 Å². The molecule has 1 saturated heterocycles. The fourth-order valence-corrected chi connectivity index (χ4v) is 2.80. The molecule has 3 amide bonds. The van der Waals surface area contributed by atoms with Gasteiger partial charge < -0.3 is 5.32 Å². The van der Waals surface area contributed by atoms with Gasteiger partial charge in [-0.2, -0.15) is 0 Å². The van der Waals surface area contributed by atoms with Gasteiger partial charge in [0.25, 0.3) is 5.91 Å². The number of urea groups is 1. The molecule has 0 bridgehead atoms. The molecule has 0 aromatic rings. The lowest BCUT2D eigenvalue weighted by atomic mass is 9.94. The van der Waals surface area contributed by atoms with Gasteiger partial charge in [-0.25, -0.2) is 13.2 Å². The third kappa shape index (κ3) is 4.47. The molecule has 1 heterocycles. The van der Waals surface area contributed by atoms with Crippen LogP contribution in [0.5, 0.6) is 0 Å². The number of hydrogen-bond acceptors (Lipinski definition) is 4. The van der Waals surface area contributed by atoms with Gasteiger partial charge in [-0.1, -0.05) is 32.6 Å². The Bertz CT molecular complexity index is 475. The summed E-state index contributed by atoms with van der Waals surface area (Å²) < 4.78 is 22.3. The molecule has 1 aliphatic heterocycles. The zero-order chi connectivity index (χ0) is 15.4. The van der Waals surface area contributed by atoms with Crippen LogP contribution in [-0.2, 0) is 14.6 Å². The third-order valence-electron chi connectivity index (χ3n) is 3.56. The average molecular weight is 304 g/mol. The smallest absolute Gasteiger partial charge is 0.323 e. The van der Waals surface area contributed by atoms with Crippen molar-refractivity contribution in [1.29, 1.82) is 0 Å². The highest BCUT2D eigenvalue weighted by Crippen LogP contribution is 2.23. The van der Waals surface area contributed by atoms with Crippen LogP contribution in [0.4, 0.5) is 4.79 Å². The van der Waals surface area contributed by atoms with Gasteiger partial charge in [0.05, 0.1) is 5.75 Å². The Morgan fingerprint density at radius 2 is 1.85 bits per heavy atom. The van der Waals surface area contributed by atoms with Crippen molar-refractivity contribution in [2.24, 2.45) is 0 Å². The van der Waals surface area contributed by atoms with Crippen LogP contribution in [0.1, 0.15) is 46.0 Å². The van der Waals surface area contributed by atoms with Crippen LogP contribution < -0.4 is 5.32 Å². The lowest BCUT2D eigenvalue weighted by Gasteiger charge is -2.21. The van der Waals surface area contributed by atoms with Crippen LogP contribution in [0.3, 0.4) is 0 Å². The number of hydrogen-bond donors (Lipinski definition) is 1. The number of nitrogens with zero attached hydrogens (tertiary/aromatic N) is 1. The lowest BCUT2D eigenvalue weighted by Crippen LogP contribution is -2.44. The molecular weight excluding hydrogens is 280 g/mol. The number of rotatable bonds is 8. The molecule has 1 rings (SSSR count). The molecule has 20 heavy (non-hydrogen) atoms. The second-order valence-corrected chi connectivity index (χ2v) is 7.92. The van der Waals surface area contributed by atoms with Crippen molar-refractivity contribution >= 4 is 21.8 Å². The molecule has 0 aliphatic carbocycles. The molecule has 0 spiro atoms. The zero-order valence-corrected chi connectivity index (χ0v) is 13.3. The first kappa shape index (κ1) is 16.9. The number of sulfone groups is 1. The normalized spacial score (nSPS) is 23.2. The maximum atomic E-state index is 12.3. The summed E-state index contributed by atoms with van der Waals surface area (Å²) in [7, 11) is -3.19. The van der Waals surface area contributed by atoms with Gasteiger partial charge >= 0.3 is 6.03 Å². The van der Waals surface area contributed by atoms with Crippen molar-refractivity contribution in [3.63, 3.8) is 0 Å². The maximum Gasteiger partial charge on any atom is 0.325 e. The molecule has 1 aliphatic rings. The molecule has 0 unspecified atom stereocenters. The predicted molar refractivity (Wildman–Crippen MR) is 77.1 cm³/mol. The van der Waals surface area contributed by atoms with Gasteiger partial charge in [0.1, 0.15) is 15.4 Å². The van der Waals surface area contributed by atoms with E-state index in [4.69, 9.17) is 0 Å². The minimum Gasteiger partial charge on any atom is -0.323 e. The van der Waals surface area contributed by atoms with E-state index < -0.39 is 21.4 Å². The Hall–Kier alpha value is -1.11. The van der Waals surface area contributed by atoms with Crippen LogP contribution in [-0.4, -0.2) is 49.3 Å². The largest absolute Gasteiger partial charge is 0.325 e. The van der Waals surface area contributed by atoms with Gasteiger partial charge in [0.15, 0.2) is 0 Å². The predicted octanol–water partition coefficient (Wildman–Crippen LogP) is 1.31. The van der Waals surface area contributed by atoms with Gasteiger partial charge in [0.2, 0.25) is 0 Å². The van der Waals surface area contributed by atoms with Crippen LogP contribution in [0.25, 0.3) is 0 Å². The van der Waals surface area contributed by atoms with Crippen LogP contribution in [0, 0.1) is 0 Å². The Morgan fingerprint density at radius 1 is 1.20 bits per heavy atom. The van der Waals surface area contributed by atoms with E-state index in [1.807, 2.05) is 0 Å². The molecule has 116 valence electrons. The second kappa shape index (κ2) is 6.56. The van der Waals surface area contributed by atoms with Crippen molar-refractivity contribution in [3.05, 3.63) is 0 Å². The van der Waals surface area contributed by atoms with E-state index in [1.54, 1.807) is 6.92 Å². The van der Waals surface area contributed by atoms with Crippen LogP contribution in [0.2, 0.25) is 0 Å². The molecule has 0 radical (unpaired) electrons. The summed E-state index contributed by atoms with van der Waals surface area (Å²) in [6, 6.07) is -0.489. The minimum absolute atomic E-state index is 0.0753. The number of carbonyl (C=O) groups is 2. The van der Waals surface area contributed by atoms with Crippen molar-refractivity contribution in [2.45, 2.75) is 51.5 Å². The Kier molecular flexibility index (Phi) is 5.56. The first-order valence-corrected chi connectivity index (χ1v) is 9.07. The number of nitrogens with one attached hydrogen (secondary N) is 1. The summed E-state index contributed by atoms with van der Waals surface area (Å²) in [5.41, 5.74) is -0.887. The fourth-order valence-electron chi connectivity index (χ4n) is 2.28. The van der Waals surface area contributed by atoms with Crippen molar-refractivity contribution in [2.75, 3.05) is 18.6 Å². The number of carbonyl (C=O) groups excluding carboxylic acids is 2. The summed E-state index contributed by atoms with van der Waals surface area (Å²) in [5.74, 6) is -0.513. The van der Waals surface area contributed by atoms with E-state index in [-0.39, 0.29) is 18.2 Å². The highest BCUT2D eigenvalue weighted by molar-refractivity contribution is 7.90. The molecule has 1 fully saturated rings. The quantitative estimate of drug-likeness (QED) is 0.541. The first-order valence-electron chi connectivity index (χ1n) is 7.01. The monoisotopic (exact) mass is 304 g/mol. The molecule has 1 atom stereocenters. The molecule has 7 heteroatoms. The highest BCUT2D eigenvalue weighted by Gasteiger charge is 2.47. The minimum atomic E-state index is -3.19. The zero-order valence-electron chi connectivity index (χ0n) is 12.4. The SMILES string of the molecule is CCCCCC[C@]1(C)NC(=O)N(CCS(C)(=O)=O)C1=O. The first-order chi connectivity index (χ1) is 9.19. The summed E-state index contributed by atoms with van der Waals surface area (Å²) >= 11 is 0. The van der Waals surface area contributed by atoms with Gasteiger partial charge in [0, 0.05) is 12.8 Å². The summed E-state index contributed by atoms with van der Waals surface area (Å²) in [5, 5.41) is 2.69. The van der Waals surface area contributed by atoms with E-state index >= 15 is 0 Å². The standard InChI is InChI=1S/C13H24N2O4S/c1-4-5-6-7-8-13(2)11(16)15(12(17)14-13)9-10-20(3,18)19/h4-10H2,1-3H3,(H,14,17)/t13-/m0/s1. The summed E-state index contributed by atoms with van der Waals surface area (Å²) in [4.78, 5) is 25.1. The summed E-state index contributed by atoms with van der Waals surface area (Å²) in [6.45, 7) is 3.74. The van der Waals surface area contributed by atoms with Gasteiger partial charge in [-0.05, 0) is 13.3 Å². The summed E-state index contributed by atoms with van der Waals surface area (Å²) in [6.07, 6.45) is 5.80. The average Bonchev–Trinajstić information content (AvgIpc) is 2.53. The highest BCUT2D eigenvalue weighted by atomic mass is 32.2. The third-order valence-corrected chi connectivity index (χ3v) is 4.49. The van der Waals surface area contributed by atoms with E-state index in [1.165, 1.54) is 0 Å². The number of unbranched alkanes of at least 4 members (excludes halogenated alkanes) is 3. The number of amides is 3. The molecule has 1 N–H and O–H groups in total. The molecule has 6 nitrogen and oxygen atoms in total. The topological polar surface area (TPSA) is 83.6 Å². The van der Waals surface area contributed by atoms with Crippen molar-refractivity contribution in [1.82, 2.24) is 10.2 Å². The Labute approximate surface area is 120 Å². The van der Waals surface area contributed by atoms with Gasteiger partial charge in [-0.15, -0.1) is 0 Å². The molecule has 0 aromatic carbocycles. The molecular formula is C13H24N2O4S. The number of imide groups is 1. The van der Waals surface area contributed by atoms with E-state index in [2.05, 4.69) is 12.2 Å². The molecule has 0 aromatic heterocycles.